The second-order valence-electron chi connectivity index (χ2n) is 3.71. The van der Waals surface area contributed by atoms with Gasteiger partial charge in [0.15, 0.2) is 0 Å². The van der Waals surface area contributed by atoms with Crippen molar-refractivity contribution in [2.24, 2.45) is 0 Å². The molecule has 1 rings (SSSR count). The smallest absolute Gasteiger partial charge is 0.315 e. The molecule has 15 heavy (non-hydrogen) atoms. The summed E-state index contributed by atoms with van der Waals surface area (Å²) in [4.78, 5) is 0. The van der Waals surface area contributed by atoms with Crippen molar-refractivity contribution in [2.45, 2.75) is 12.8 Å². The van der Waals surface area contributed by atoms with Crippen molar-refractivity contribution in [1.82, 2.24) is 21.3 Å². The molecule has 0 bridgehead atoms. The van der Waals surface area contributed by atoms with Crippen molar-refractivity contribution in [3.05, 3.63) is 0 Å². The number of rotatable bonds is 0. The molecule has 0 radical (unpaired) electrons. The van der Waals surface area contributed by atoms with Gasteiger partial charge in [0.2, 0.25) is 0 Å². The van der Waals surface area contributed by atoms with Crippen LogP contribution in [0.1, 0.15) is 12.8 Å². The van der Waals surface area contributed by atoms with Gasteiger partial charge in [0.1, 0.15) is 0 Å². The molecule has 0 aromatic heterocycles. The summed E-state index contributed by atoms with van der Waals surface area (Å²) in [5, 5.41) is 13.7. The van der Waals surface area contributed by atoms with Gasteiger partial charge < -0.3 is 21.3 Å². The summed E-state index contributed by atoms with van der Waals surface area (Å²) in [6, 6.07) is 0. The Morgan fingerprint density at radius 1 is 0.400 bits per heavy atom. The number of hydrogen-bond donors (Lipinski definition) is 4. The summed E-state index contributed by atoms with van der Waals surface area (Å²) >= 11 is 0. The molecule has 0 amide bonds. The molecule has 4 N–H and O–H groups in total. The van der Waals surface area contributed by atoms with Gasteiger partial charge in [0.25, 0.3) is 0 Å². The third-order valence-electron chi connectivity index (χ3n) is 2.37. The van der Waals surface area contributed by atoms with E-state index in [1.165, 1.54) is 12.8 Å². The monoisotopic (exact) mass is 438 g/mol. The van der Waals surface area contributed by atoms with Crippen molar-refractivity contribution in [3.8, 4) is 0 Å². The standard InChI is InChI=1S/C10H24N4.U/c1-3-11-7-9-13-5-2-6-14-10-8-12-4-1;/h11-14H,1-10H2;/q;+4. The summed E-state index contributed by atoms with van der Waals surface area (Å²) in [5.41, 5.74) is 0. The van der Waals surface area contributed by atoms with Gasteiger partial charge in [-0.2, -0.15) is 0 Å². The molecule has 0 saturated carbocycles. The van der Waals surface area contributed by atoms with Crippen molar-refractivity contribution < 1.29 is 31.1 Å². The quantitative estimate of drug-likeness (QED) is 0.398. The van der Waals surface area contributed by atoms with Crippen LogP contribution in [-0.4, -0.2) is 52.4 Å². The summed E-state index contributed by atoms with van der Waals surface area (Å²) in [5.74, 6) is 0. The Hall–Kier alpha value is 0.892. The van der Waals surface area contributed by atoms with Crippen LogP contribution < -0.4 is 21.3 Å². The van der Waals surface area contributed by atoms with Crippen LogP contribution in [0.25, 0.3) is 0 Å². The molecule has 1 heterocycles. The van der Waals surface area contributed by atoms with E-state index in [9.17, 15) is 0 Å². The predicted octanol–water partition coefficient (Wildman–Crippen LogP) is -0.861. The molecular formula is C10H24N4U+4. The Labute approximate surface area is 117 Å². The maximum absolute atomic E-state index is 3.42. The molecule has 1 saturated heterocycles. The first-order valence-electron chi connectivity index (χ1n) is 5.83. The van der Waals surface area contributed by atoms with Crippen molar-refractivity contribution in [2.75, 3.05) is 52.4 Å². The van der Waals surface area contributed by atoms with Gasteiger partial charge in [-0.05, 0) is 39.0 Å². The Kier molecular flexibility index (Phi) is 13.7. The molecule has 84 valence electrons. The predicted molar refractivity (Wildman–Crippen MR) is 60.7 cm³/mol. The van der Waals surface area contributed by atoms with E-state index < -0.39 is 0 Å². The minimum atomic E-state index is 0. The molecule has 0 unspecified atom stereocenters. The maximum Gasteiger partial charge on any atom is 4.00 e. The van der Waals surface area contributed by atoms with Crippen LogP contribution in [0.3, 0.4) is 0 Å². The van der Waals surface area contributed by atoms with E-state index in [1.807, 2.05) is 0 Å². The molecular weight excluding hydrogens is 414 g/mol. The van der Waals surface area contributed by atoms with E-state index >= 15 is 0 Å². The van der Waals surface area contributed by atoms with Crippen LogP contribution in [0, 0.1) is 31.1 Å². The van der Waals surface area contributed by atoms with E-state index in [-0.39, 0.29) is 31.1 Å². The van der Waals surface area contributed by atoms with Gasteiger partial charge in [-0.1, -0.05) is 0 Å². The Morgan fingerprint density at radius 2 is 0.667 bits per heavy atom. The minimum absolute atomic E-state index is 0. The number of hydrogen-bond acceptors (Lipinski definition) is 4. The van der Waals surface area contributed by atoms with Crippen LogP contribution in [0.2, 0.25) is 0 Å². The van der Waals surface area contributed by atoms with Crippen LogP contribution in [0.5, 0.6) is 0 Å². The van der Waals surface area contributed by atoms with Crippen LogP contribution in [0.4, 0.5) is 0 Å². The zero-order valence-corrected chi connectivity index (χ0v) is 13.7. The SMILES string of the molecule is C1CNCCNCCCNCCNC1.[U+4]. The average Bonchev–Trinajstić information content (AvgIpc) is 2.22. The fraction of sp³-hybridized carbons (Fsp3) is 1.00. The first-order valence-corrected chi connectivity index (χ1v) is 5.83. The second-order valence-corrected chi connectivity index (χ2v) is 3.71. The first-order chi connectivity index (χ1) is 7.00. The third kappa shape index (κ3) is 11.2. The molecule has 4 nitrogen and oxygen atoms in total. The normalized spacial score (nSPS) is 22.4. The fourth-order valence-corrected chi connectivity index (χ4v) is 1.53. The summed E-state index contributed by atoms with van der Waals surface area (Å²) in [7, 11) is 0. The third-order valence-corrected chi connectivity index (χ3v) is 2.37. The van der Waals surface area contributed by atoms with Crippen molar-refractivity contribution in [3.63, 3.8) is 0 Å². The zero-order valence-electron chi connectivity index (χ0n) is 9.57. The van der Waals surface area contributed by atoms with Crippen molar-refractivity contribution >= 4 is 0 Å². The van der Waals surface area contributed by atoms with Gasteiger partial charge in [-0.3, -0.25) is 0 Å². The molecule has 0 atom stereocenters. The fourth-order valence-electron chi connectivity index (χ4n) is 1.53. The van der Waals surface area contributed by atoms with E-state index in [0.717, 1.165) is 52.4 Å². The average molecular weight is 438 g/mol. The van der Waals surface area contributed by atoms with E-state index in [2.05, 4.69) is 21.3 Å². The van der Waals surface area contributed by atoms with Crippen LogP contribution >= 0.6 is 0 Å². The molecule has 0 aromatic rings. The molecule has 1 aliphatic rings. The second kappa shape index (κ2) is 13.0. The molecule has 1 fully saturated rings. The van der Waals surface area contributed by atoms with Gasteiger partial charge in [0.05, 0.1) is 0 Å². The van der Waals surface area contributed by atoms with E-state index in [1.54, 1.807) is 0 Å². The maximum atomic E-state index is 3.42. The minimum Gasteiger partial charge on any atom is -0.315 e. The van der Waals surface area contributed by atoms with Crippen LogP contribution in [-0.2, 0) is 0 Å². The molecule has 0 aromatic carbocycles. The molecule has 1 aliphatic heterocycles. The van der Waals surface area contributed by atoms with Gasteiger partial charge in [-0.25, -0.2) is 0 Å². The first kappa shape index (κ1) is 15.9. The Morgan fingerprint density at radius 3 is 0.933 bits per heavy atom. The summed E-state index contributed by atoms with van der Waals surface area (Å²) < 4.78 is 0. The van der Waals surface area contributed by atoms with Gasteiger partial charge in [-0.15, -0.1) is 0 Å². The van der Waals surface area contributed by atoms with E-state index in [0.29, 0.717) is 0 Å². The largest absolute Gasteiger partial charge is 4.00 e. The summed E-state index contributed by atoms with van der Waals surface area (Å²) in [6.45, 7) is 8.87. The molecule has 0 aliphatic carbocycles. The topological polar surface area (TPSA) is 48.1 Å². The van der Waals surface area contributed by atoms with Crippen molar-refractivity contribution in [1.29, 1.82) is 0 Å². The molecule has 5 heteroatoms. The summed E-state index contributed by atoms with van der Waals surface area (Å²) in [6.07, 6.45) is 2.44. The Bertz CT molecular complexity index is 70.7. The van der Waals surface area contributed by atoms with Gasteiger partial charge in [0, 0.05) is 26.2 Å². The zero-order chi connectivity index (χ0) is 9.90. The Balaban J connectivity index is 0.00000196. The molecule has 0 spiro atoms. The number of nitrogens with one attached hydrogen (secondary N) is 4. The van der Waals surface area contributed by atoms with Gasteiger partial charge >= 0.3 is 31.1 Å². The van der Waals surface area contributed by atoms with Crippen LogP contribution in [0.15, 0.2) is 0 Å². The van der Waals surface area contributed by atoms with E-state index in [4.69, 9.17) is 0 Å².